The first-order valence-corrected chi connectivity index (χ1v) is 11.3. The van der Waals surface area contributed by atoms with Gasteiger partial charge < -0.3 is 14.1 Å². The third kappa shape index (κ3) is 4.39. The molecule has 32 heavy (non-hydrogen) atoms. The van der Waals surface area contributed by atoms with Crippen LogP contribution in [0.15, 0.2) is 64.3 Å². The van der Waals surface area contributed by atoms with Crippen molar-refractivity contribution in [2.75, 3.05) is 31.2 Å². The van der Waals surface area contributed by atoms with E-state index in [0.717, 1.165) is 35.4 Å². The van der Waals surface area contributed by atoms with E-state index in [9.17, 15) is 4.39 Å². The van der Waals surface area contributed by atoms with Gasteiger partial charge in [-0.3, -0.25) is 4.57 Å². The third-order valence-corrected chi connectivity index (χ3v) is 6.12. The van der Waals surface area contributed by atoms with Crippen molar-refractivity contribution in [3.8, 4) is 17.0 Å². The van der Waals surface area contributed by atoms with Crippen molar-refractivity contribution < 1.29 is 13.5 Å². The van der Waals surface area contributed by atoms with Gasteiger partial charge in [-0.15, -0.1) is 10.2 Å². The Labute approximate surface area is 189 Å². The van der Waals surface area contributed by atoms with Crippen molar-refractivity contribution in [3.05, 3.63) is 72.0 Å². The average molecular weight is 452 g/mol. The van der Waals surface area contributed by atoms with Gasteiger partial charge in [-0.1, -0.05) is 29.5 Å². The van der Waals surface area contributed by atoms with E-state index in [1.165, 1.54) is 29.5 Å². The van der Waals surface area contributed by atoms with Gasteiger partial charge in [0.15, 0.2) is 10.9 Å². The number of hydrogen-bond donors (Lipinski definition) is 0. The number of thioether (sulfide) groups is 1. The summed E-state index contributed by atoms with van der Waals surface area (Å²) >= 11 is 1.51. The highest BCUT2D eigenvalue weighted by atomic mass is 32.2. The molecule has 0 bridgehead atoms. The van der Waals surface area contributed by atoms with Crippen molar-refractivity contribution >= 4 is 17.7 Å². The molecule has 1 fully saturated rings. The van der Waals surface area contributed by atoms with Crippen LogP contribution in [0, 0.1) is 12.7 Å². The zero-order chi connectivity index (χ0) is 21.9. The van der Waals surface area contributed by atoms with E-state index in [0.29, 0.717) is 30.6 Å². The molecule has 1 aliphatic heterocycles. The van der Waals surface area contributed by atoms with Crippen molar-refractivity contribution in [2.24, 2.45) is 0 Å². The zero-order valence-electron chi connectivity index (χ0n) is 17.6. The number of ether oxygens (including phenoxy) is 1. The van der Waals surface area contributed by atoms with Gasteiger partial charge in [-0.25, -0.2) is 9.37 Å². The lowest BCUT2D eigenvalue weighted by Crippen LogP contribution is -2.37. The minimum Gasteiger partial charge on any atom is -0.440 e. The summed E-state index contributed by atoms with van der Waals surface area (Å²) in [5.74, 6) is 2.19. The van der Waals surface area contributed by atoms with Crippen LogP contribution in [0.3, 0.4) is 0 Å². The van der Waals surface area contributed by atoms with Gasteiger partial charge in [0.25, 0.3) is 0 Å². The number of hydrogen-bond acceptors (Lipinski definition) is 7. The molecule has 1 aliphatic rings. The Bertz CT molecular complexity index is 1180. The number of halogens is 1. The van der Waals surface area contributed by atoms with Crippen LogP contribution in [-0.2, 0) is 10.5 Å². The number of rotatable bonds is 6. The molecule has 0 aliphatic carbocycles. The molecule has 9 heteroatoms. The minimum absolute atomic E-state index is 0.282. The number of aromatic nitrogens is 4. The maximum atomic E-state index is 13.2. The first kappa shape index (κ1) is 20.7. The Hall–Kier alpha value is -3.17. The van der Waals surface area contributed by atoms with Crippen LogP contribution in [0.25, 0.3) is 17.0 Å². The molecule has 2 aromatic carbocycles. The summed E-state index contributed by atoms with van der Waals surface area (Å²) in [7, 11) is 0. The van der Waals surface area contributed by atoms with Gasteiger partial charge in [-0.05, 0) is 43.3 Å². The van der Waals surface area contributed by atoms with Crippen LogP contribution in [0.1, 0.15) is 11.5 Å². The molecule has 1 saturated heterocycles. The number of anilines is 1. The molecule has 0 N–H and O–H groups in total. The molecule has 0 radical (unpaired) electrons. The molecule has 2 aromatic heterocycles. The molecule has 0 amide bonds. The summed E-state index contributed by atoms with van der Waals surface area (Å²) < 4.78 is 26.6. The van der Waals surface area contributed by atoms with Crippen molar-refractivity contribution in [3.63, 3.8) is 0 Å². The summed E-state index contributed by atoms with van der Waals surface area (Å²) in [6, 6.07) is 14.5. The zero-order valence-corrected chi connectivity index (χ0v) is 18.4. The topological polar surface area (TPSA) is 69.2 Å². The lowest BCUT2D eigenvalue weighted by Gasteiger charge is -2.27. The number of nitrogens with zero attached hydrogens (tertiary/aromatic N) is 5. The Morgan fingerprint density at radius 1 is 1.00 bits per heavy atom. The fourth-order valence-electron chi connectivity index (χ4n) is 3.49. The summed E-state index contributed by atoms with van der Waals surface area (Å²) in [4.78, 5) is 6.57. The van der Waals surface area contributed by atoms with Crippen LogP contribution in [0.4, 0.5) is 10.3 Å². The first-order chi connectivity index (χ1) is 15.7. The predicted octanol–water partition coefficient (Wildman–Crippen LogP) is 4.50. The molecule has 0 unspecified atom stereocenters. The van der Waals surface area contributed by atoms with E-state index < -0.39 is 0 Å². The lowest BCUT2D eigenvalue weighted by atomic mass is 10.2. The fourth-order valence-corrected chi connectivity index (χ4v) is 4.30. The van der Waals surface area contributed by atoms with Gasteiger partial charge in [0.2, 0.25) is 11.8 Å². The van der Waals surface area contributed by atoms with Gasteiger partial charge >= 0.3 is 0 Å². The lowest BCUT2D eigenvalue weighted by molar-refractivity contribution is 0.122. The Morgan fingerprint density at radius 2 is 1.75 bits per heavy atom. The van der Waals surface area contributed by atoms with Crippen molar-refractivity contribution in [1.82, 2.24) is 19.7 Å². The molecule has 0 saturated carbocycles. The second kappa shape index (κ2) is 9.13. The number of benzene rings is 2. The van der Waals surface area contributed by atoms with Crippen LogP contribution in [0.2, 0.25) is 0 Å². The molecule has 0 spiro atoms. The van der Waals surface area contributed by atoms with E-state index >= 15 is 0 Å². The second-order valence-corrected chi connectivity index (χ2v) is 8.41. The van der Waals surface area contributed by atoms with E-state index in [-0.39, 0.29) is 5.82 Å². The molecule has 164 valence electrons. The number of aryl methyl sites for hydroxylation is 1. The second-order valence-electron chi connectivity index (χ2n) is 7.47. The van der Waals surface area contributed by atoms with Crippen LogP contribution >= 0.6 is 11.8 Å². The quantitative estimate of drug-likeness (QED) is 0.400. The fraction of sp³-hybridized carbons (Fsp3) is 0.261. The maximum absolute atomic E-state index is 13.2. The summed E-state index contributed by atoms with van der Waals surface area (Å²) in [5.41, 5.74) is 2.98. The van der Waals surface area contributed by atoms with Gasteiger partial charge in [-0.2, -0.15) is 0 Å². The summed E-state index contributed by atoms with van der Waals surface area (Å²) in [5, 5.41) is 9.71. The predicted molar refractivity (Wildman–Crippen MR) is 121 cm³/mol. The largest absolute Gasteiger partial charge is 0.440 e. The Balaban J connectivity index is 1.39. The van der Waals surface area contributed by atoms with Crippen LogP contribution in [0.5, 0.6) is 0 Å². The molecular formula is C23H22FN5O2S. The smallest absolute Gasteiger partial charge is 0.232 e. The average Bonchev–Trinajstić information content (AvgIpc) is 3.47. The molecular weight excluding hydrogens is 429 g/mol. The van der Waals surface area contributed by atoms with Crippen LogP contribution < -0.4 is 4.90 Å². The van der Waals surface area contributed by atoms with E-state index in [1.54, 1.807) is 18.3 Å². The number of oxazole rings is 1. The standard InChI is InChI=1S/C23H22FN5O2S/c1-16-2-8-19(9-3-16)29-22(28-10-12-30-13-11-28)26-27-23(29)32-15-21-25-14-20(31-21)17-4-6-18(24)7-5-17/h2-9,14H,10-13,15H2,1H3. The molecule has 3 heterocycles. The first-order valence-electron chi connectivity index (χ1n) is 10.4. The highest BCUT2D eigenvalue weighted by Gasteiger charge is 2.22. The molecule has 5 rings (SSSR count). The number of morpholine rings is 1. The monoisotopic (exact) mass is 451 g/mol. The SMILES string of the molecule is Cc1ccc(-n2c(SCc3ncc(-c4ccc(F)cc4)o3)nnc2N2CCOCC2)cc1. The van der Waals surface area contributed by atoms with Gasteiger partial charge in [0.1, 0.15) is 5.82 Å². The van der Waals surface area contributed by atoms with E-state index in [2.05, 4.69) is 55.8 Å². The van der Waals surface area contributed by atoms with E-state index in [1.807, 2.05) is 0 Å². The Morgan fingerprint density at radius 3 is 2.50 bits per heavy atom. The molecule has 4 aromatic rings. The van der Waals surface area contributed by atoms with Crippen molar-refractivity contribution in [1.29, 1.82) is 0 Å². The maximum Gasteiger partial charge on any atom is 0.232 e. The minimum atomic E-state index is -0.282. The normalized spacial score (nSPS) is 14.1. The van der Waals surface area contributed by atoms with Gasteiger partial charge in [0.05, 0.1) is 30.9 Å². The van der Waals surface area contributed by atoms with E-state index in [4.69, 9.17) is 9.15 Å². The van der Waals surface area contributed by atoms with Crippen molar-refractivity contribution in [2.45, 2.75) is 17.8 Å². The van der Waals surface area contributed by atoms with Gasteiger partial charge in [0, 0.05) is 18.7 Å². The molecule has 0 atom stereocenters. The third-order valence-electron chi connectivity index (χ3n) is 5.21. The van der Waals surface area contributed by atoms with Crippen LogP contribution in [-0.4, -0.2) is 46.1 Å². The molecule has 7 nitrogen and oxygen atoms in total. The summed E-state index contributed by atoms with van der Waals surface area (Å²) in [6.45, 7) is 4.96. The Kier molecular flexibility index (Phi) is 5.91. The highest BCUT2D eigenvalue weighted by molar-refractivity contribution is 7.98. The highest BCUT2D eigenvalue weighted by Crippen LogP contribution is 2.30. The summed E-state index contributed by atoms with van der Waals surface area (Å²) in [6.07, 6.45) is 1.66.